The summed E-state index contributed by atoms with van der Waals surface area (Å²) >= 11 is 6.21. The molecule has 0 aliphatic carbocycles. The Kier molecular flexibility index (Phi) is 6.92. The maximum Gasteiger partial charge on any atom is 0.162 e. The third kappa shape index (κ3) is 4.97. The van der Waals surface area contributed by atoms with Gasteiger partial charge in [-0.25, -0.2) is 4.98 Å². The maximum atomic E-state index is 9.77. The van der Waals surface area contributed by atoms with E-state index in [-0.39, 0.29) is 6.61 Å². The van der Waals surface area contributed by atoms with E-state index in [0.29, 0.717) is 29.6 Å². The van der Waals surface area contributed by atoms with Crippen molar-refractivity contribution >= 4 is 22.5 Å². The van der Waals surface area contributed by atoms with Crippen LogP contribution >= 0.6 is 11.6 Å². The summed E-state index contributed by atoms with van der Waals surface area (Å²) in [7, 11) is 5.08. The second-order valence-electron chi connectivity index (χ2n) is 6.94. The van der Waals surface area contributed by atoms with Crippen LogP contribution in [-0.4, -0.2) is 60.6 Å². The number of nitrogens with zero attached hydrogens (tertiary/aromatic N) is 2. The molecule has 7 heteroatoms. The molecule has 0 bridgehead atoms. The summed E-state index contributed by atoms with van der Waals surface area (Å²) < 4.78 is 10.8. The van der Waals surface area contributed by atoms with Crippen molar-refractivity contribution in [3.63, 3.8) is 0 Å². The van der Waals surface area contributed by atoms with E-state index in [0.717, 1.165) is 27.7 Å². The van der Waals surface area contributed by atoms with Crippen LogP contribution in [0.2, 0.25) is 5.02 Å². The zero-order chi connectivity index (χ0) is 21.0. The summed E-state index contributed by atoms with van der Waals surface area (Å²) in [6.07, 6.45) is -0.799. The number of aliphatic hydroxyl groups is 2. The molecule has 1 atom stereocenters. The third-order valence-electron chi connectivity index (χ3n) is 4.67. The van der Waals surface area contributed by atoms with Crippen molar-refractivity contribution in [3.05, 3.63) is 53.1 Å². The minimum Gasteiger partial charge on any atom is -0.493 e. The first-order valence-electron chi connectivity index (χ1n) is 9.24. The van der Waals surface area contributed by atoms with Crippen molar-refractivity contribution in [2.75, 3.05) is 34.4 Å². The number of ether oxygens (including phenoxy) is 2. The van der Waals surface area contributed by atoms with Gasteiger partial charge in [-0.1, -0.05) is 23.7 Å². The summed E-state index contributed by atoms with van der Waals surface area (Å²) in [5.41, 5.74) is 3.46. The largest absolute Gasteiger partial charge is 0.493 e. The Bertz CT molecular complexity index is 996. The van der Waals surface area contributed by atoms with Gasteiger partial charge in [0.2, 0.25) is 0 Å². The molecular weight excluding hydrogens is 392 g/mol. The van der Waals surface area contributed by atoms with Crippen LogP contribution in [0, 0.1) is 0 Å². The van der Waals surface area contributed by atoms with Crippen LogP contribution < -0.4 is 9.47 Å². The Labute approximate surface area is 175 Å². The van der Waals surface area contributed by atoms with Crippen molar-refractivity contribution in [2.24, 2.45) is 0 Å². The Hall–Kier alpha value is -2.38. The van der Waals surface area contributed by atoms with E-state index in [1.807, 2.05) is 48.3 Å². The molecule has 0 aliphatic rings. The van der Waals surface area contributed by atoms with Gasteiger partial charge in [0.05, 0.1) is 38.1 Å². The summed E-state index contributed by atoms with van der Waals surface area (Å²) in [4.78, 5) is 6.83. The third-order valence-corrected chi connectivity index (χ3v) is 4.91. The predicted molar refractivity (Wildman–Crippen MR) is 115 cm³/mol. The van der Waals surface area contributed by atoms with Crippen LogP contribution in [0.25, 0.3) is 22.2 Å². The van der Waals surface area contributed by atoms with Gasteiger partial charge in [0.25, 0.3) is 0 Å². The number of likely N-dealkylation sites (N-methyl/N-ethyl adjacent to an activating group) is 1. The van der Waals surface area contributed by atoms with Crippen LogP contribution in [0.1, 0.15) is 5.56 Å². The Balaban J connectivity index is 2.13. The highest BCUT2D eigenvalue weighted by Crippen LogP contribution is 2.35. The van der Waals surface area contributed by atoms with E-state index >= 15 is 0 Å². The first-order valence-corrected chi connectivity index (χ1v) is 9.62. The van der Waals surface area contributed by atoms with Crippen molar-refractivity contribution < 1.29 is 19.7 Å². The van der Waals surface area contributed by atoms with Gasteiger partial charge in [-0.3, -0.25) is 4.90 Å². The maximum absolute atomic E-state index is 9.77. The molecule has 0 spiro atoms. The zero-order valence-electron chi connectivity index (χ0n) is 16.7. The van der Waals surface area contributed by atoms with Gasteiger partial charge in [0.1, 0.15) is 0 Å². The smallest absolute Gasteiger partial charge is 0.162 e. The van der Waals surface area contributed by atoms with Crippen LogP contribution in [0.4, 0.5) is 0 Å². The molecule has 0 radical (unpaired) electrons. The summed E-state index contributed by atoms with van der Waals surface area (Å²) in [5, 5.41) is 20.5. The zero-order valence-corrected chi connectivity index (χ0v) is 17.5. The number of aliphatic hydroxyl groups excluding tert-OH is 2. The van der Waals surface area contributed by atoms with Gasteiger partial charge in [-0.15, -0.1) is 0 Å². The highest BCUT2D eigenvalue weighted by Gasteiger charge is 2.16. The number of methoxy groups -OCH3 is 2. The lowest BCUT2D eigenvalue weighted by Gasteiger charge is -2.21. The highest BCUT2D eigenvalue weighted by molar-refractivity contribution is 6.30. The van der Waals surface area contributed by atoms with Crippen LogP contribution in [0.5, 0.6) is 11.5 Å². The molecule has 6 nitrogen and oxygen atoms in total. The predicted octanol–water partition coefficient (Wildman–Crippen LogP) is 3.36. The first-order chi connectivity index (χ1) is 13.9. The highest BCUT2D eigenvalue weighted by atomic mass is 35.5. The van der Waals surface area contributed by atoms with Crippen LogP contribution in [0.3, 0.4) is 0 Å². The number of fused-ring (bicyclic) bond motifs is 1. The summed E-state index contributed by atoms with van der Waals surface area (Å²) in [6.45, 7) is 0.601. The topological polar surface area (TPSA) is 75.1 Å². The van der Waals surface area contributed by atoms with E-state index in [1.165, 1.54) is 0 Å². The van der Waals surface area contributed by atoms with Gasteiger partial charge in [-0.2, -0.15) is 0 Å². The Morgan fingerprint density at radius 2 is 1.83 bits per heavy atom. The Morgan fingerprint density at radius 1 is 1.10 bits per heavy atom. The van der Waals surface area contributed by atoms with Gasteiger partial charge in [-0.05, 0) is 36.9 Å². The fraction of sp³-hybridized carbons (Fsp3) is 0.318. The molecule has 2 aromatic carbocycles. The number of hydrogen-bond donors (Lipinski definition) is 2. The lowest BCUT2D eigenvalue weighted by atomic mass is 10.0. The molecule has 1 heterocycles. The molecular formula is C22H25ClN2O4. The average Bonchev–Trinajstić information content (AvgIpc) is 2.72. The number of hydrogen-bond acceptors (Lipinski definition) is 6. The van der Waals surface area contributed by atoms with E-state index in [2.05, 4.69) is 6.07 Å². The first kappa shape index (κ1) is 21.3. The number of aromatic nitrogens is 1. The van der Waals surface area contributed by atoms with Crippen LogP contribution in [-0.2, 0) is 6.54 Å². The van der Waals surface area contributed by atoms with Crippen molar-refractivity contribution in [1.29, 1.82) is 0 Å². The molecule has 0 amide bonds. The van der Waals surface area contributed by atoms with Crippen LogP contribution in [0.15, 0.2) is 42.5 Å². The molecule has 29 heavy (non-hydrogen) atoms. The van der Waals surface area contributed by atoms with E-state index in [9.17, 15) is 5.11 Å². The van der Waals surface area contributed by atoms with Gasteiger partial charge >= 0.3 is 0 Å². The number of rotatable bonds is 8. The van der Waals surface area contributed by atoms with Gasteiger partial charge in [0.15, 0.2) is 11.5 Å². The molecule has 0 aliphatic heterocycles. The van der Waals surface area contributed by atoms with E-state index in [4.69, 9.17) is 31.2 Å². The fourth-order valence-electron chi connectivity index (χ4n) is 3.32. The molecule has 0 unspecified atom stereocenters. The normalized spacial score (nSPS) is 12.4. The molecule has 1 aromatic heterocycles. The minimum absolute atomic E-state index is 0.279. The average molecular weight is 417 g/mol. The second-order valence-corrected chi connectivity index (χ2v) is 7.38. The summed E-state index contributed by atoms with van der Waals surface area (Å²) in [5.74, 6) is 1.24. The van der Waals surface area contributed by atoms with Gasteiger partial charge in [0, 0.05) is 35.1 Å². The second kappa shape index (κ2) is 9.41. The number of pyridine rings is 1. The lowest BCUT2D eigenvalue weighted by molar-refractivity contribution is 0.0648. The Morgan fingerprint density at radius 3 is 2.48 bits per heavy atom. The van der Waals surface area contributed by atoms with Crippen molar-refractivity contribution in [3.8, 4) is 22.8 Å². The standard InChI is InChI=1S/C22H25ClN2O4/c1-25(12-18(27)13-26)11-16-7-15-9-20(28-2)21(29-3)10-19(15)24-22(16)14-5-4-6-17(23)8-14/h4-10,18,26-27H,11-13H2,1-3H3/t18-/m0/s1. The SMILES string of the molecule is COc1cc2cc(CN(C)C[C@H](O)CO)c(-c3cccc(Cl)c3)nc2cc1OC. The minimum atomic E-state index is -0.799. The lowest BCUT2D eigenvalue weighted by Crippen LogP contribution is -2.31. The molecule has 0 saturated carbocycles. The number of halogens is 1. The van der Waals surface area contributed by atoms with Gasteiger partial charge < -0.3 is 19.7 Å². The molecule has 2 N–H and O–H groups in total. The van der Waals surface area contributed by atoms with Crippen molar-refractivity contribution in [1.82, 2.24) is 9.88 Å². The molecule has 154 valence electrons. The quantitative estimate of drug-likeness (QED) is 0.586. The fourth-order valence-corrected chi connectivity index (χ4v) is 3.51. The molecule has 3 rings (SSSR count). The summed E-state index contributed by atoms with van der Waals surface area (Å²) in [6, 6.07) is 13.4. The monoisotopic (exact) mass is 416 g/mol. The molecule has 0 fully saturated rings. The number of benzene rings is 2. The molecule has 3 aromatic rings. The molecule has 0 saturated heterocycles. The van der Waals surface area contributed by atoms with Crippen molar-refractivity contribution in [2.45, 2.75) is 12.6 Å². The van der Waals surface area contributed by atoms with E-state index < -0.39 is 6.10 Å². The van der Waals surface area contributed by atoms with E-state index in [1.54, 1.807) is 14.2 Å².